The van der Waals surface area contributed by atoms with Gasteiger partial charge in [-0.3, -0.25) is 14.4 Å². The van der Waals surface area contributed by atoms with E-state index in [1.54, 1.807) is 6.21 Å². The summed E-state index contributed by atoms with van der Waals surface area (Å²) in [7, 11) is 3.25. The van der Waals surface area contributed by atoms with Crippen molar-refractivity contribution >= 4 is 34.4 Å². The molecule has 1 N–H and O–H groups in total. The quantitative estimate of drug-likeness (QED) is 0.192. The molecule has 1 saturated heterocycles. The molecule has 5 rings (SSSR count). The number of ether oxygens (including phenoxy) is 2. The number of fused-ring (bicyclic) bond motifs is 2. The molecule has 38 heavy (non-hydrogen) atoms. The number of hydrazone groups is 1. The minimum absolute atomic E-state index is 0.196. The van der Waals surface area contributed by atoms with E-state index < -0.39 is 10.8 Å². The van der Waals surface area contributed by atoms with Crippen LogP contribution in [0.1, 0.15) is 46.2 Å². The Morgan fingerprint density at radius 2 is 1.89 bits per heavy atom. The minimum Gasteiger partial charge on any atom is -0.466 e. The van der Waals surface area contributed by atoms with Crippen LogP contribution in [-0.2, 0) is 33.2 Å². The zero-order valence-corrected chi connectivity index (χ0v) is 23.1. The van der Waals surface area contributed by atoms with Crippen molar-refractivity contribution in [3.63, 3.8) is 0 Å². The molecule has 0 aliphatic carbocycles. The Bertz CT molecular complexity index is 1410. The van der Waals surface area contributed by atoms with Crippen molar-refractivity contribution in [3.05, 3.63) is 81.9 Å². The number of nitrogens with zero attached hydrogens (tertiary/aromatic N) is 2. The van der Waals surface area contributed by atoms with Gasteiger partial charge in [-0.2, -0.15) is 5.10 Å². The molecule has 0 saturated carbocycles. The van der Waals surface area contributed by atoms with Gasteiger partial charge in [-0.1, -0.05) is 24.3 Å². The second-order valence-electron chi connectivity index (χ2n) is 9.99. The third-order valence-electron chi connectivity index (χ3n) is 6.97. The highest BCUT2D eigenvalue weighted by atomic mass is 32.2. The molecule has 2 aliphatic rings. The summed E-state index contributed by atoms with van der Waals surface area (Å²) in [5.41, 5.74) is 11.3. The van der Waals surface area contributed by atoms with Crippen LogP contribution in [0, 0.1) is 6.92 Å². The maximum absolute atomic E-state index is 12.4. The Morgan fingerprint density at radius 1 is 1.13 bits per heavy atom. The van der Waals surface area contributed by atoms with Crippen LogP contribution in [0.2, 0.25) is 0 Å². The number of esters is 1. The van der Waals surface area contributed by atoms with Crippen LogP contribution in [0.3, 0.4) is 0 Å². The van der Waals surface area contributed by atoms with Crippen molar-refractivity contribution in [2.75, 3.05) is 42.5 Å². The van der Waals surface area contributed by atoms with Gasteiger partial charge in [-0.05, 0) is 60.4 Å². The zero-order chi connectivity index (χ0) is 26.8. The van der Waals surface area contributed by atoms with E-state index in [-0.39, 0.29) is 18.3 Å². The highest BCUT2D eigenvalue weighted by molar-refractivity contribution is 7.86. The molecule has 0 unspecified atom stereocenters. The number of benzene rings is 3. The maximum Gasteiger partial charge on any atom is 0.310 e. The SMILES string of the molecule is CCOC(=O)Cc1cc(C)cc2c1Cc1c(ccc(C3CS(=O)C3)c1NN=Cc1ccc(N(C)C)cc1)O2. The number of rotatable bonds is 8. The third kappa shape index (κ3) is 5.45. The summed E-state index contributed by atoms with van der Waals surface area (Å²) >= 11 is 0. The van der Waals surface area contributed by atoms with Gasteiger partial charge in [0.05, 0.1) is 24.9 Å². The van der Waals surface area contributed by atoms with Crippen LogP contribution in [0.5, 0.6) is 11.5 Å². The number of aryl methyl sites for hydroxylation is 1. The fourth-order valence-electron chi connectivity index (χ4n) is 4.97. The number of anilines is 2. The van der Waals surface area contributed by atoms with Gasteiger partial charge in [0.1, 0.15) is 11.5 Å². The number of hydrogen-bond acceptors (Lipinski definition) is 7. The molecular weight excluding hydrogens is 498 g/mol. The predicted octanol–water partition coefficient (Wildman–Crippen LogP) is 5.16. The van der Waals surface area contributed by atoms with Gasteiger partial charge in [0.25, 0.3) is 0 Å². The van der Waals surface area contributed by atoms with E-state index in [2.05, 4.69) is 33.6 Å². The van der Waals surface area contributed by atoms with Crippen LogP contribution >= 0.6 is 0 Å². The first-order valence-corrected chi connectivity index (χ1v) is 14.3. The van der Waals surface area contributed by atoms with E-state index in [1.165, 1.54) is 0 Å². The number of nitrogens with one attached hydrogen (secondary N) is 1. The van der Waals surface area contributed by atoms with Crippen molar-refractivity contribution in [3.8, 4) is 11.5 Å². The van der Waals surface area contributed by atoms with Gasteiger partial charge in [0.15, 0.2) is 0 Å². The predicted molar refractivity (Wildman–Crippen MR) is 153 cm³/mol. The first kappa shape index (κ1) is 26.0. The molecule has 0 bridgehead atoms. The summed E-state index contributed by atoms with van der Waals surface area (Å²) in [6.45, 7) is 4.16. The fraction of sp³-hybridized carbons (Fsp3) is 0.333. The average molecular weight is 532 g/mol. The molecular formula is C30H33N3O4S. The van der Waals surface area contributed by atoms with Crippen LogP contribution < -0.4 is 15.1 Å². The fourth-order valence-corrected chi connectivity index (χ4v) is 6.13. The molecule has 2 aliphatic heterocycles. The number of hydrogen-bond donors (Lipinski definition) is 1. The lowest BCUT2D eigenvalue weighted by Gasteiger charge is -2.31. The summed E-state index contributed by atoms with van der Waals surface area (Å²) in [6, 6.07) is 16.3. The highest BCUT2D eigenvalue weighted by Crippen LogP contribution is 2.45. The van der Waals surface area contributed by atoms with Gasteiger partial charge < -0.3 is 14.4 Å². The molecule has 3 aromatic rings. The number of carbonyl (C=O) groups is 1. The third-order valence-corrected chi connectivity index (χ3v) is 8.52. The van der Waals surface area contributed by atoms with Gasteiger partial charge in [0, 0.05) is 65.6 Å². The molecule has 0 amide bonds. The normalized spacial score (nSPS) is 17.7. The lowest BCUT2D eigenvalue weighted by molar-refractivity contribution is -0.142. The minimum atomic E-state index is -0.778. The molecule has 0 spiro atoms. The van der Waals surface area contributed by atoms with E-state index in [4.69, 9.17) is 9.47 Å². The standard InChI is InChI=1S/C30H33N3O4S/c1-5-36-29(34)14-21-12-19(2)13-28-25(21)15-26-27(37-28)11-10-24(22-17-38(35)18-22)30(26)32-31-16-20-6-8-23(9-7-20)33(3)4/h6-13,16,22,32H,5,14-15,17-18H2,1-4H3. The van der Waals surface area contributed by atoms with Gasteiger partial charge in [-0.15, -0.1) is 0 Å². The topological polar surface area (TPSA) is 80.2 Å². The van der Waals surface area contributed by atoms with E-state index in [0.717, 1.165) is 56.3 Å². The smallest absolute Gasteiger partial charge is 0.310 e. The molecule has 198 valence electrons. The Labute approximate surface area is 226 Å². The van der Waals surface area contributed by atoms with Crippen LogP contribution in [0.15, 0.2) is 53.6 Å². The van der Waals surface area contributed by atoms with Crippen molar-refractivity contribution in [2.45, 2.75) is 32.6 Å². The highest BCUT2D eigenvalue weighted by Gasteiger charge is 2.32. The van der Waals surface area contributed by atoms with Gasteiger partial charge in [-0.25, -0.2) is 0 Å². The molecule has 0 aromatic heterocycles. The van der Waals surface area contributed by atoms with Gasteiger partial charge in [0.2, 0.25) is 0 Å². The second-order valence-corrected chi connectivity index (χ2v) is 11.5. The van der Waals surface area contributed by atoms with Crippen molar-refractivity contribution in [2.24, 2.45) is 5.10 Å². The van der Waals surface area contributed by atoms with Crippen LogP contribution in [0.25, 0.3) is 0 Å². The molecule has 1 fully saturated rings. The lowest BCUT2D eigenvalue weighted by Crippen LogP contribution is -2.29. The molecule has 0 atom stereocenters. The molecule has 2 heterocycles. The van der Waals surface area contributed by atoms with Crippen molar-refractivity contribution in [1.82, 2.24) is 0 Å². The Morgan fingerprint density at radius 3 is 2.58 bits per heavy atom. The largest absolute Gasteiger partial charge is 0.466 e. The summed E-state index contributed by atoms with van der Waals surface area (Å²) in [6.07, 6.45) is 2.59. The van der Waals surface area contributed by atoms with E-state index in [1.807, 2.05) is 58.3 Å². The summed E-state index contributed by atoms with van der Waals surface area (Å²) in [5, 5.41) is 4.59. The zero-order valence-electron chi connectivity index (χ0n) is 22.2. The number of carbonyl (C=O) groups excluding carboxylic acids is 1. The van der Waals surface area contributed by atoms with Crippen LogP contribution in [-0.4, -0.2) is 48.6 Å². The first-order valence-electron chi connectivity index (χ1n) is 12.9. The molecule has 0 radical (unpaired) electrons. The second kappa shape index (κ2) is 11.0. The van der Waals surface area contributed by atoms with Crippen molar-refractivity contribution < 1.29 is 18.5 Å². The molecule has 7 nitrogen and oxygen atoms in total. The summed E-state index contributed by atoms with van der Waals surface area (Å²) < 4.78 is 23.5. The van der Waals surface area contributed by atoms with Crippen LogP contribution in [0.4, 0.5) is 11.4 Å². The Kier molecular flexibility index (Phi) is 7.51. The van der Waals surface area contributed by atoms with E-state index in [9.17, 15) is 9.00 Å². The monoisotopic (exact) mass is 531 g/mol. The van der Waals surface area contributed by atoms with E-state index >= 15 is 0 Å². The summed E-state index contributed by atoms with van der Waals surface area (Å²) in [5.74, 6) is 2.78. The first-order chi connectivity index (χ1) is 18.3. The lowest BCUT2D eigenvalue weighted by atomic mass is 9.89. The molecule has 3 aromatic carbocycles. The Balaban J connectivity index is 1.48. The maximum atomic E-state index is 12.4. The van der Waals surface area contributed by atoms with Crippen molar-refractivity contribution in [1.29, 1.82) is 0 Å². The average Bonchev–Trinajstić information content (AvgIpc) is 2.86. The Hall–Kier alpha value is -3.65. The van der Waals surface area contributed by atoms with Gasteiger partial charge >= 0.3 is 5.97 Å². The molecule has 8 heteroatoms. The van der Waals surface area contributed by atoms with E-state index in [0.29, 0.717) is 24.5 Å². The summed E-state index contributed by atoms with van der Waals surface area (Å²) in [4.78, 5) is 14.4.